The SMILES string of the molecule is Cc1ccc2nc(C[NH+](C)Cc3ccc(Cl)c(Cl)c3)cc(=O)n2c1. The predicted octanol–water partition coefficient (Wildman–Crippen LogP) is 2.52. The highest BCUT2D eigenvalue weighted by atomic mass is 35.5. The van der Waals surface area contributed by atoms with Gasteiger partial charge in [0.15, 0.2) is 0 Å². The Labute approximate surface area is 150 Å². The van der Waals surface area contributed by atoms with E-state index in [-0.39, 0.29) is 5.56 Å². The molecule has 1 unspecified atom stereocenters. The van der Waals surface area contributed by atoms with Gasteiger partial charge in [-0.15, -0.1) is 0 Å². The Morgan fingerprint density at radius 3 is 2.62 bits per heavy atom. The van der Waals surface area contributed by atoms with Crippen molar-refractivity contribution < 1.29 is 4.90 Å². The Balaban J connectivity index is 1.80. The fourth-order valence-corrected chi connectivity index (χ4v) is 3.04. The van der Waals surface area contributed by atoms with Gasteiger partial charge in [0.25, 0.3) is 5.56 Å². The standard InChI is InChI=1S/C18H17Cl2N3O/c1-12-3-6-17-21-14(8-18(24)23(17)9-12)11-22(2)10-13-4-5-15(19)16(20)7-13/h3-9H,10-11H2,1-2H3/p+1. The Bertz CT molecular complexity index is 953. The maximum absolute atomic E-state index is 12.3. The molecule has 1 N–H and O–H groups in total. The summed E-state index contributed by atoms with van der Waals surface area (Å²) in [5, 5.41) is 1.11. The molecule has 0 radical (unpaired) electrons. The number of nitrogens with one attached hydrogen (secondary N) is 1. The summed E-state index contributed by atoms with van der Waals surface area (Å²) in [4.78, 5) is 18.0. The Morgan fingerprint density at radius 2 is 1.88 bits per heavy atom. The molecule has 0 spiro atoms. The zero-order valence-electron chi connectivity index (χ0n) is 13.5. The van der Waals surface area contributed by atoms with Crippen molar-refractivity contribution in [2.45, 2.75) is 20.0 Å². The van der Waals surface area contributed by atoms with Crippen LogP contribution in [0.1, 0.15) is 16.8 Å². The first kappa shape index (κ1) is 17.0. The van der Waals surface area contributed by atoms with E-state index in [1.165, 1.54) is 4.90 Å². The summed E-state index contributed by atoms with van der Waals surface area (Å²) in [5.41, 5.74) is 3.52. The number of hydrogen-bond acceptors (Lipinski definition) is 2. The number of hydrogen-bond donors (Lipinski definition) is 1. The van der Waals surface area contributed by atoms with E-state index in [9.17, 15) is 4.79 Å². The zero-order chi connectivity index (χ0) is 17.3. The second-order valence-corrected chi connectivity index (χ2v) is 6.89. The van der Waals surface area contributed by atoms with Gasteiger partial charge in [0.2, 0.25) is 0 Å². The van der Waals surface area contributed by atoms with E-state index in [1.54, 1.807) is 22.7 Å². The third-order valence-corrected chi connectivity index (χ3v) is 4.57. The molecule has 4 nitrogen and oxygen atoms in total. The van der Waals surface area contributed by atoms with Crippen LogP contribution in [0, 0.1) is 6.92 Å². The normalized spacial score (nSPS) is 12.5. The quantitative estimate of drug-likeness (QED) is 0.774. The second-order valence-electron chi connectivity index (χ2n) is 6.08. The highest BCUT2D eigenvalue weighted by molar-refractivity contribution is 6.42. The molecule has 0 saturated carbocycles. The lowest BCUT2D eigenvalue weighted by atomic mass is 10.2. The molecule has 3 rings (SSSR count). The monoisotopic (exact) mass is 362 g/mol. The van der Waals surface area contributed by atoms with Gasteiger partial charge in [-0.2, -0.15) is 0 Å². The average Bonchev–Trinajstić information content (AvgIpc) is 2.52. The first-order chi connectivity index (χ1) is 11.4. The summed E-state index contributed by atoms with van der Waals surface area (Å²) >= 11 is 12.0. The van der Waals surface area contributed by atoms with E-state index in [0.29, 0.717) is 22.2 Å². The van der Waals surface area contributed by atoms with Crippen LogP contribution in [0.25, 0.3) is 5.65 Å². The maximum atomic E-state index is 12.3. The van der Waals surface area contributed by atoms with Crippen LogP contribution in [0.3, 0.4) is 0 Å². The highest BCUT2D eigenvalue weighted by Gasteiger charge is 2.10. The molecule has 0 saturated heterocycles. The molecular formula is C18H18Cl2N3O+. The number of fused-ring (bicyclic) bond motifs is 1. The first-order valence-electron chi connectivity index (χ1n) is 7.66. The molecule has 3 aromatic rings. The summed E-state index contributed by atoms with van der Waals surface area (Å²) in [6.45, 7) is 3.38. The third kappa shape index (κ3) is 3.78. The molecule has 0 aliphatic rings. The molecule has 0 fully saturated rings. The van der Waals surface area contributed by atoms with E-state index >= 15 is 0 Å². The topological polar surface area (TPSA) is 38.8 Å². The van der Waals surface area contributed by atoms with E-state index in [4.69, 9.17) is 23.2 Å². The third-order valence-electron chi connectivity index (χ3n) is 3.83. The van der Waals surface area contributed by atoms with Crippen LogP contribution in [-0.2, 0) is 13.1 Å². The molecule has 124 valence electrons. The number of rotatable bonds is 4. The van der Waals surface area contributed by atoms with Gasteiger partial charge in [0.05, 0.1) is 17.1 Å². The summed E-state index contributed by atoms with van der Waals surface area (Å²) in [7, 11) is 2.06. The van der Waals surface area contributed by atoms with Gasteiger partial charge in [0, 0.05) is 17.8 Å². The minimum absolute atomic E-state index is 0.0546. The van der Waals surface area contributed by atoms with Crippen molar-refractivity contribution in [2.75, 3.05) is 7.05 Å². The van der Waals surface area contributed by atoms with E-state index in [0.717, 1.165) is 23.4 Å². The van der Waals surface area contributed by atoms with Crippen LogP contribution in [0.15, 0.2) is 47.4 Å². The molecule has 24 heavy (non-hydrogen) atoms. The number of halogens is 2. The van der Waals surface area contributed by atoms with Gasteiger partial charge in [-0.1, -0.05) is 35.3 Å². The van der Waals surface area contributed by atoms with Crippen molar-refractivity contribution in [3.05, 3.63) is 79.8 Å². The van der Waals surface area contributed by atoms with Crippen LogP contribution < -0.4 is 10.5 Å². The van der Waals surface area contributed by atoms with Crippen molar-refractivity contribution >= 4 is 28.8 Å². The van der Waals surface area contributed by atoms with Crippen molar-refractivity contribution in [2.24, 2.45) is 0 Å². The number of nitrogens with zero attached hydrogens (tertiary/aromatic N) is 2. The van der Waals surface area contributed by atoms with Gasteiger partial charge in [-0.3, -0.25) is 9.20 Å². The second kappa shape index (κ2) is 6.93. The van der Waals surface area contributed by atoms with Crippen molar-refractivity contribution in [1.82, 2.24) is 9.38 Å². The number of pyridine rings is 1. The Kier molecular flexibility index (Phi) is 4.90. The number of aryl methyl sites for hydroxylation is 1. The van der Waals surface area contributed by atoms with Crippen molar-refractivity contribution in [3.8, 4) is 0 Å². The lowest BCUT2D eigenvalue weighted by Crippen LogP contribution is -3.06. The summed E-state index contributed by atoms with van der Waals surface area (Å²) < 4.78 is 1.58. The molecule has 0 aliphatic carbocycles. The Hall–Kier alpha value is -1.88. The van der Waals surface area contributed by atoms with Crippen LogP contribution >= 0.6 is 23.2 Å². The first-order valence-corrected chi connectivity index (χ1v) is 8.42. The maximum Gasteiger partial charge on any atom is 0.258 e. The molecule has 2 aromatic heterocycles. The predicted molar refractivity (Wildman–Crippen MR) is 97.0 cm³/mol. The van der Waals surface area contributed by atoms with Gasteiger partial charge < -0.3 is 4.90 Å². The molecule has 0 bridgehead atoms. The Morgan fingerprint density at radius 1 is 1.08 bits per heavy atom. The molecule has 0 aliphatic heterocycles. The largest absolute Gasteiger partial charge is 0.329 e. The zero-order valence-corrected chi connectivity index (χ0v) is 15.0. The minimum atomic E-state index is -0.0546. The lowest BCUT2D eigenvalue weighted by molar-refractivity contribution is -0.908. The van der Waals surface area contributed by atoms with Crippen molar-refractivity contribution in [1.29, 1.82) is 0 Å². The molecule has 2 heterocycles. The number of quaternary nitrogens is 1. The number of aromatic nitrogens is 2. The molecular weight excluding hydrogens is 345 g/mol. The van der Waals surface area contributed by atoms with Gasteiger partial charge >= 0.3 is 0 Å². The van der Waals surface area contributed by atoms with E-state index < -0.39 is 0 Å². The van der Waals surface area contributed by atoms with Crippen LogP contribution in [0.2, 0.25) is 10.0 Å². The van der Waals surface area contributed by atoms with E-state index in [1.807, 2.05) is 31.2 Å². The van der Waals surface area contributed by atoms with Crippen molar-refractivity contribution in [3.63, 3.8) is 0 Å². The summed E-state index contributed by atoms with van der Waals surface area (Å²) in [6, 6.07) is 11.1. The van der Waals surface area contributed by atoms with Crippen LogP contribution in [0.4, 0.5) is 0 Å². The molecule has 0 amide bonds. The summed E-state index contributed by atoms with van der Waals surface area (Å²) in [6.07, 6.45) is 1.81. The highest BCUT2D eigenvalue weighted by Crippen LogP contribution is 2.22. The summed E-state index contributed by atoms with van der Waals surface area (Å²) in [5.74, 6) is 0. The van der Waals surface area contributed by atoms with Gasteiger partial charge in [-0.25, -0.2) is 4.98 Å². The van der Waals surface area contributed by atoms with E-state index in [2.05, 4.69) is 12.0 Å². The average molecular weight is 363 g/mol. The fourth-order valence-electron chi connectivity index (χ4n) is 2.72. The molecule has 6 heteroatoms. The smallest absolute Gasteiger partial charge is 0.258 e. The minimum Gasteiger partial charge on any atom is -0.329 e. The molecule has 1 aromatic carbocycles. The molecule has 1 atom stereocenters. The van der Waals surface area contributed by atoms with Crippen LogP contribution in [-0.4, -0.2) is 16.4 Å². The van der Waals surface area contributed by atoms with Crippen LogP contribution in [0.5, 0.6) is 0 Å². The van der Waals surface area contributed by atoms with Gasteiger partial charge in [-0.05, 0) is 30.7 Å². The fraction of sp³-hybridized carbons (Fsp3) is 0.222. The lowest BCUT2D eigenvalue weighted by Gasteiger charge is -2.14. The van der Waals surface area contributed by atoms with Gasteiger partial charge in [0.1, 0.15) is 24.4 Å². The number of benzene rings is 1.